The van der Waals surface area contributed by atoms with Gasteiger partial charge in [0, 0.05) is 17.8 Å². The molecule has 0 unspecified atom stereocenters. The molecule has 1 amide bonds. The molecule has 2 aromatic rings. The first-order valence-electron chi connectivity index (χ1n) is 6.71. The molecular formula is C15H14N4O4. The predicted molar refractivity (Wildman–Crippen MR) is 84.5 cm³/mol. The van der Waals surface area contributed by atoms with E-state index < -0.39 is 10.8 Å². The molecule has 1 aromatic carbocycles. The Hall–Kier alpha value is -3.29. The topological polar surface area (TPSA) is 114 Å². The summed E-state index contributed by atoms with van der Waals surface area (Å²) in [6.07, 6.45) is 1.54. The molecule has 0 aliphatic rings. The fourth-order valence-corrected chi connectivity index (χ4v) is 1.85. The quantitative estimate of drug-likeness (QED) is 0.480. The number of nitrogens with zero attached hydrogens (tertiary/aromatic N) is 2. The lowest BCUT2D eigenvalue weighted by atomic mass is 10.1. The molecule has 0 radical (unpaired) electrons. The van der Waals surface area contributed by atoms with Crippen LogP contribution >= 0.6 is 0 Å². The summed E-state index contributed by atoms with van der Waals surface area (Å²) in [5.41, 5.74) is 0.139. The number of anilines is 2. The van der Waals surface area contributed by atoms with Crippen molar-refractivity contribution < 1.29 is 14.5 Å². The summed E-state index contributed by atoms with van der Waals surface area (Å²) in [6, 6.07) is 9.12. The van der Waals surface area contributed by atoms with E-state index in [-0.39, 0.29) is 29.3 Å². The average molecular weight is 314 g/mol. The zero-order valence-corrected chi connectivity index (χ0v) is 12.3. The fraction of sp³-hybridized carbons (Fsp3) is 0.133. The number of carbonyl (C=O) groups is 2. The molecule has 0 saturated carbocycles. The smallest absolute Gasteiger partial charge is 0.293 e. The molecule has 0 aliphatic carbocycles. The number of nitro benzene ring substituents is 1. The molecule has 2 N–H and O–H groups in total. The molecule has 1 heterocycles. The number of carbonyl (C=O) groups excluding carboxylic acids is 2. The van der Waals surface area contributed by atoms with Gasteiger partial charge in [0.15, 0.2) is 5.78 Å². The Morgan fingerprint density at radius 3 is 2.65 bits per heavy atom. The summed E-state index contributed by atoms with van der Waals surface area (Å²) in [5, 5.41) is 16.3. The highest BCUT2D eigenvalue weighted by Crippen LogP contribution is 2.25. The first kappa shape index (κ1) is 16.1. The highest BCUT2D eigenvalue weighted by atomic mass is 16.6. The summed E-state index contributed by atoms with van der Waals surface area (Å²) in [5.74, 6) is -0.276. The molecule has 0 fully saturated rings. The van der Waals surface area contributed by atoms with Crippen LogP contribution in [0.15, 0.2) is 42.6 Å². The van der Waals surface area contributed by atoms with E-state index in [1.54, 1.807) is 18.2 Å². The van der Waals surface area contributed by atoms with E-state index in [9.17, 15) is 19.7 Å². The molecule has 0 saturated heterocycles. The van der Waals surface area contributed by atoms with Crippen LogP contribution in [0.3, 0.4) is 0 Å². The number of hydrogen-bond acceptors (Lipinski definition) is 6. The average Bonchev–Trinajstić information content (AvgIpc) is 2.53. The van der Waals surface area contributed by atoms with Gasteiger partial charge >= 0.3 is 0 Å². The number of nitrogens with one attached hydrogen (secondary N) is 2. The van der Waals surface area contributed by atoms with Crippen LogP contribution in [0, 0.1) is 10.1 Å². The van der Waals surface area contributed by atoms with Gasteiger partial charge in [0.1, 0.15) is 11.5 Å². The van der Waals surface area contributed by atoms with Gasteiger partial charge in [-0.2, -0.15) is 0 Å². The minimum absolute atomic E-state index is 0.163. The van der Waals surface area contributed by atoms with Crippen molar-refractivity contribution in [2.45, 2.75) is 6.92 Å². The van der Waals surface area contributed by atoms with Gasteiger partial charge < -0.3 is 10.6 Å². The largest absolute Gasteiger partial charge is 0.371 e. The van der Waals surface area contributed by atoms with Gasteiger partial charge in [-0.05, 0) is 31.2 Å². The van der Waals surface area contributed by atoms with Crippen LogP contribution in [0.5, 0.6) is 0 Å². The van der Waals surface area contributed by atoms with E-state index in [4.69, 9.17) is 0 Å². The number of benzene rings is 1. The summed E-state index contributed by atoms with van der Waals surface area (Å²) in [4.78, 5) is 37.5. The number of hydrogen-bond donors (Lipinski definition) is 2. The van der Waals surface area contributed by atoms with Gasteiger partial charge in [-0.3, -0.25) is 19.7 Å². The normalized spacial score (nSPS) is 9.96. The van der Waals surface area contributed by atoms with E-state index in [0.717, 1.165) is 0 Å². The summed E-state index contributed by atoms with van der Waals surface area (Å²) in [6.45, 7) is 1.16. The monoisotopic (exact) mass is 314 g/mol. The van der Waals surface area contributed by atoms with Crippen LogP contribution < -0.4 is 10.6 Å². The van der Waals surface area contributed by atoms with Crippen molar-refractivity contribution in [3.63, 3.8) is 0 Å². The van der Waals surface area contributed by atoms with Crippen molar-refractivity contribution in [2.24, 2.45) is 0 Å². The summed E-state index contributed by atoms with van der Waals surface area (Å²) >= 11 is 0. The van der Waals surface area contributed by atoms with Crippen LogP contribution in [-0.2, 0) is 4.79 Å². The predicted octanol–water partition coefficient (Wildman–Crippen LogP) is 2.24. The van der Waals surface area contributed by atoms with Crippen molar-refractivity contribution in [1.29, 1.82) is 0 Å². The van der Waals surface area contributed by atoms with Crippen molar-refractivity contribution in [2.75, 3.05) is 17.2 Å². The molecule has 23 heavy (non-hydrogen) atoms. The van der Waals surface area contributed by atoms with E-state index in [1.807, 2.05) is 0 Å². The first-order chi connectivity index (χ1) is 11.0. The van der Waals surface area contributed by atoms with Gasteiger partial charge in [-0.15, -0.1) is 0 Å². The number of nitro groups is 1. The molecule has 118 valence electrons. The number of rotatable bonds is 6. The van der Waals surface area contributed by atoms with Crippen LogP contribution in [0.4, 0.5) is 17.2 Å². The number of ketones is 1. The van der Waals surface area contributed by atoms with E-state index in [1.165, 1.54) is 31.3 Å². The number of aromatic nitrogens is 1. The number of Topliss-reactive ketones (excluding diaryl/α,β-unsaturated/α-hetero) is 1. The van der Waals surface area contributed by atoms with E-state index in [2.05, 4.69) is 15.6 Å². The van der Waals surface area contributed by atoms with Crippen LogP contribution in [0.2, 0.25) is 0 Å². The first-order valence-corrected chi connectivity index (χ1v) is 6.71. The lowest BCUT2D eigenvalue weighted by Gasteiger charge is -2.08. The molecule has 0 aliphatic heterocycles. The Morgan fingerprint density at radius 2 is 2.04 bits per heavy atom. The highest BCUT2D eigenvalue weighted by molar-refractivity contribution is 5.96. The molecule has 0 atom stereocenters. The third kappa shape index (κ3) is 4.34. The Kier molecular flexibility index (Phi) is 4.98. The van der Waals surface area contributed by atoms with Gasteiger partial charge in [0.2, 0.25) is 5.91 Å². The number of amides is 1. The zero-order chi connectivity index (χ0) is 16.8. The third-order valence-electron chi connectivity index (χ3n) is 2.97. The van der Waals surface area contributed by atoms with Gasteiger partial charge in [0.05, 0.1) is 11.5 Å². The van der Waals surface area contributed by atoms with E-state index in [0.29, 0.717) is 5.82 Å². The maximum Gasteiger partial charge on any atom is 0.293 e. The molecule has 0 bridgehead atoms. The second-order valence-electron chi connectivity index (χ2n) is 4.66. The molecule has 1 aromatic heterocycles. The summed E-state index contributed by atoms with van der Waals surface area (Å²) < 4.78 is 0. The number of pyridine rings is 1. The molecule has 8 nitrogen and oxygen atoms in total. The van der Waals surface area contributed by atoms with Crippen molar-refractivity contribution in [1.82, 2.24) is 4.98 Å². The van der Waals surface area contributed by atoms with Crippen molar-refractivity contribution >= 4 is 28.9 Å². The van der Waals surface area contributed by atoms with Gasteiger partial charge in [-0.1, -0.05) is 6.07 Å². The summed E-state index contributed by atoms with van der Waals surface area (Å²) in [7, 11) is 0. The molecule has 0 spiro atoms. The highest BCUT2D eigenvalue weighted by Gasteiger charge is 2.16. The Bertz CT molecular complexity index is 746. The lowest BCUT2D eigenvalue weighted by Crippen LogP contribution is -2.22. The third-order valence-corrected chi connectivity index (χ3v) is 2.97. The second-order valence-corrected chi connectivity index (χ2v) is 4.66. The SMILES string of the molecule is CC(=O)c1ccc(NCC(=O)Nc2ccccn2)c([N+](=O)[O-])c1. The fourth-order valence-electron chi connectivity index (χ4n) is 1.85. The maximum atomic E-state index is 11.8. The maximum absolute atomic E-state index is 11.8. The molecule has 8 heteroatoms. The second kappa shape index (κ2) is 7.12. The zero-order valence-electron chi connectivity index (χ0n) is 12.3. The molecular weight excluding hydrogens is 300 g/mol. The lowest BCUT2D eigenvalue weighted by molar-refractivity contribution is -0.384. The Balaban J connectivity index is 2.06. The standard InChI is InChI=1S/C15H14N4O4/c1-10(20)11-5-6-12(13(8-11)19(22)23)17-9-15(21)18-14-4-2-3-7-16-14/h2-8,17H,9H2,1H3,(H,16,18,21). The van der Waals surface area contributed by atoms with Gasteiger partial charge in [0.25, 0.3) is 5.69 Å². The Labute approximate surface area is 131 Å². The van der Waals surface area contributed by atoms with Crippen molar-refractivity contribution in [3.8, 4) is 0 Å². The van der Waals surface area contributed by atoms with Crippen LogP contribution in [0.25, 0.3) is 0 Å². The van der Waals surface area contributed by atoms with Crippen LogP contribution in [-0.4, -0.2) is 28.1 Å². The molecule has 2 rings (SSSR count). The van der Waals surface area contributed by atoms with Gasteiger partial charge in [-0.25, -0.2) is 4.98 Å². The Morgan fingerprint density at radius 1 is 1.26 bits per heavy atom. The van der Waals surface area contributed by atoms with Crippen LogP contribution in [0.1, 0.15) is 17.3 Å². The minimum atomic E-state index is -0.606. The minimum Gasteiger partial charge on any atom is -0.371 e. The van der Waals surface area contributed by atoms with E-state index >= 15 is 0 Å². The van der Waals surface area contributed by atoms with Crippen molar-refractivity contribution in [3.05, 3.63) is 58.3 Å².